The summed E-state index contributed by atoms with van der Waals surface area (Å²) in [7, 11) is 1.68. The van der Waals surface area contributed by atoms with Crippen molar-refractivity contribution in [3.8, 4) is 0 Å². The summed E-state index contributed by atoms with van der Waals surface area (Å²) in [5.74, 6) is -0.131. The second-order valence-electron chi connectivity index (χ2n) is 5.65. The van der Waals surface area contributed by atoms with Crippen molar-refractivity contribution < 1.29 is 4.79 Å². The highest BCUT2D eigenvalue weighted by atomic mass is 16.2. The predicted octanol–water partition coefficient (Wildman–Crippen LogP) is 0.528. The highest BCUT2D eigenvalue weighted by molar-refractivity contribution is 5.76. The Bertz CT molecular complexity index is 1020. The maximum atomic E-state index is 12.3. The van der Waals surface area contributed by atoms with Gasteiger partial charge in [0.2, 0.25) is 5.91 Å². The third-order valence-electron chi connectivity index (χ3n) is 3.79. The molecule has 1 amide bonds. The minimum Gasteiger partial charge on any atom is -0.340 e. The molecule has 2 heterocycles. The number of carbonyl (C=O) groups excluding carboxylic acids is 1. The first-order valence-electron chi connectivity index (χ1n) is 7.77. The van der Waals surface area contributed by atoms with Gasteiger partial charge in [-0.2, -0.15) is 0 Å². The first-order valence-corrected chi connectivity index (χ1v) is 7.77. The number of hydrogen-bond donors (Lipinski definition) is 1. The third kappa shape index (κ3) is 3.97. The van der Waals surface area contributed by atoms with E-state index in [0.717, 1.165) is 11.0 Å². The van der Waals surface area contributed by atoms with E-state index in [2.05, 4.69) is 15.0 Å². The molecule has 0 saturated carbocycles. The van der Waals surface area contributed by atoms with Crippen LogP contribution in [0.15, 0.2) is 52.3 Å². The van der Waals surface area contributed by atoms with Crippen LogP contribution in [0.5, 0.6) is 0 Å². The van der Waals surface area contributed by atoms with Crippen LogP contribution in [-0.4, -0.2) is 37.4 Å². The van der Waals surface area contributed by atoms with Crippen LogP contribution in [-0.2, 0) is 17.9 Å². The maximum absolute atomic E-state index is 12.3. The summed E-state index contributed by atoms with van der Waals surface area (Å²) >= 11 is 0. The summed E-state index contributed by atoms with van der Waals surface area (Å²) in [4.78, 5) is 47.4. The van der Waals surface area contributed by atoms with Gasteiger partial charge in [0.1, 0.15) is 0 Å². The number of aromatic nitrogens is 4. The number of aryl methyl sites for hydroxylation is 1. The van der Waals surface area contributed by atoms with Crippen LogP contribution in [0.1, 0.15) is 12.1 Å². The van der Waals surface area contributed by atoms with Gasteiger partial charge in [0, 0.05) is 32.3 Å². The molecule has 0 aliphatic rings. The van der Waals surface area contributed by atoms with Crippen LogP contribution in [0.4, 0.5) is 0 Å². The number of aromatic amines is 1. The summed E-state index contributed by atoms with van der Waals surface area (Å²) in [5, 5.41) is 0. The molecule has 0 aliphatic heterocycles. The lowest BCUT2D eigenvalue weighted by atomic mass is 10.3. The molecule has 0 radical (unpaired) electrons. The molecule has 3 aromatic rings. The van der Waals surface area contributed by atoms with E-state index in [9.17, 15) is 14.4 Å². The van der Waals surface area contributed by atoms with Crippen molar-refractivity contribution in [3.05, 3.63) is 69.3 Å². The normalized spacial score (nSPS) is 10.8. The smallest absolute Gasteiger partial charge is 0.328 e. The Morgan fingerprint density at radius 3 is 2.72 bits per heavy atom. The van der Waals surface area contributed by atoms with Gasteiger partial charge in [-0.05, 0) is 12.1 Å². The van der Waals surface area contributed by atoms with E-state index < -0.39 is 11.2 Å². The first-order chi connectivity index (χ1) is 12.0. The SMILES string of the molecule is CN(Cc1cnc2ccccc2n1)C(=O)CCn1ccc(=O)[nH]c1=O. The van der Waals surface area contributed by atoms with Crippen LogP contribution >= 0.6 is 0 Å². The second-order valence-corrected chi connectivity index (χ2v) is 5.65. The average Bonchev–Trinajstić information content (AvgIpc) is 2.60. The minimum atomic E-state index is -0.525. The zero-order valence-electron chi connectivity index (χ0n) is 13.7. The topological polar surface area (TPSA) is 101 Å². The van der Waals surface area contributed by atoms with Crippen LogP contribution in [0.25, 0.3) is 11.0 Å². The number of hydrogen-bond acceptors (Lipinski definition) is 5. The average molecular weight is 339 g/mol. The quantitative estimate of drug-likeness (QED) is 0.731. The van der Waals surface area contributed by atoms with E-state index in [1.54, 1.807) is 13.2 Å². The van der Waals surface area contributed by atoms with Gasteiger partial charge in [-0.1, -0.05) is 12.1 Å². The number of H-pyrrole nitrogens is 1. The van der Waals surface area contributed by atoms with Gasteiger partial charge in [0.15, 0.2) is 0 Å². The van der Waals surface area contributed by atoms with Gasteiger partial charge < -0.3 is 9.47 Å². The minimum absolute atomic E-state index is 0.131. The number of benzene rings is 1. The molecule has 25 heavy (non-hydrogen) atoms. The van der Waals surface area contributed by atoms with Gasteiger partial charge in [0.25, 0.3) is 5.56 Å². The molecule has 0 bridgehead atoms. The van der Waals surface area contributed by atoms with Crippen molar-refractivity contribution in [1.82, 2.24) is 24.4 Å². The summed E-state index contributed by atoms with van der Waals surface area (Å²) in [6.45, 7) is 0.527. The van der Waals surface area contributed by atoms with E-state index >= 15 is 0 Å². The first kappa shape index (κ1) is 16.6. The zero-order chi connectivity index (χ0) is 17.8. The monoisotopic (exact) mass is 339 g/mol. The molecule has 1 N–H and O–H groups in total. The van der Waals surface area contributed by atoms with Gasteiger partial charge in [-0.3, -0.25) is 19.6 Å². The second kappa shape index (κ2) is 7.08. The maximum Gasteiger partial charge on any atom is 0.328 e. The molecular formula is C17H17N5O3. The van der Waals surface area contributed by atoms with Crippen molar-refractivity contribution in [1.29, 1.82) is 0 Å². The van der Waals surface area contributed by atoms with Crippen LogP contribution in [0.2, 0.25) is 0 Å². The standard InChI is InChI=1S/C17H17N5O3/c1-21(11-12-10-18-13-4-2-3-5-14(13)19-12)16(24)7-9-22-8-6-15(23)20-17(22)25/h2-6,8,10H,7,9,11H2,1H3,(H,20,23,25). The summed E-state index contributed by atoms with van der Waals surface area (Å²) < 4.78 is 1.29. The highest BCUT2D eigenvalue weighted by Gasteiger charge is 2.11. The number of nitrogens with one attached hydrogen (secondary N) is 1. The third-order valence-corrected chi connectivity index (χ3v) is 3.79. The number of nitrogens with zero attached hydrogens (tertiary/aromatic N) is 4. The summed E-state index contributed by atoms with van der Waals surface area (Å²) in [5.41, 5.74) is 1.29. The van der Waals surface area contributed by atoms with Crippen LogP contribution in [0, 0.1) is 0 Å². The van der Waals surface area contributed by atoms with Crippen molar-refractivity contribution in [2.75, 3.05) is 7.05 Å². The number of carbonyl (C=O) groups is 1. The van der Waals surface area contributed by atoms with Crippen LogP contribution in [0.3, 0.4) is 0 Å². The molecule has 3 rings (SSSR count). The molecule has 8 nitrogen and oxygen atoms in total. The summed E-state index contributed by atoms with van der Waals surface area (Å²) in [6, 6.07) is 8.78. The Kier molecular flexibility index (Phi) is 4.69. The van der Waals surface area contributed by atoms with Gasteiger partial charge in [-0.25, -0.2) is 9.78 Å². The Hall–Kier alpha value is -3.29. The van der Waals surface area contributed by atoms with Gasteiger partial charge in [-0.15, -0.1) is 0 Å². The largest absolute Gasteiger partial charge is 0.340 e. The van der Waals surface area contributed by atoms with Crippen molar-refractivity contribution in [2.24, 2.45) is 0 Å². The Morgan fingerprint density at radius 2 is 1.96 bits per heavy atom. The molecule has 1 aromatic carbocycles. The fourth-order valence-electron chi connectivity index (χ4n) is 2.43. The van der Waals surface area contributed by atoms with Crippen molar-refractivity contribution in [2.45, 2.75) is 19.5 Å². The van der Waals surface area contributed by atoms with Gasteiger partial charge >= 0.3 is 5.69 Å². The summed E-state index contributed by atoms with van der Waals surface area (Å²) in [6.07, 6.45) is 3.17. The molecule has 2 aromatic heterocycles. The predicted molar refractivity (Wildman–Crippen MR) is 92.0 cm³/mol. The number of fused-ring (bicyclic) bond motifs is 1. The highest BCUT2D eigenvalue weighted by Crippen LogP contribution is 2.10. The zero-order valence-corrected chi connectivity index (χ0v) is 13.7. The Labute approximate surface area is 142 Å². The number of rotatable bonds is 5. The number of para-hydroxylation sites is 2. The van der Waals surface area contributed by atoms with E-state index in [-0.39, 0.29) is 18.9 Å². The molecule has 0 saturated heterocycles. The fraction of sp³-hybridized carbons (Fsp3) is 0.235. The lowest BCUT2D eigenvalue weighted by Crippen LogP contribution is -2.32. The molecule has 0 spiro atoms. The molecule has 0 atom stereocenters. The fourth-order valence-corrected chi connectivity index (χ4v) is 2.43. The van der Waals surface area contributed by atoms with Gasteiger partial charge in [0.05, 0.1) is 29.5 Å². The Balaban J connectivity index is 1.63. The van der Waals surface area contributed by atoms with E-state index in [4.69, 9.17) is 0 Å². The van der Waals surface area contributed by atoms with E-state index in [1.807, 2.05) is 24.3 Å². The van der Waals surface area contributed by atoms with E-state index in [1.165, 1.54) is 21.7 Å². The molecule has 0 fully saturated rings. The van der Waals surface area contributed by atoms with Crippen LogP contribution < -0.4 is 11.2 Å². The molecule has 128 valence electrons. The van der Waals surface area contributed by atoms with E-state index in [0.29, 0.717) is 12.2 Å². The molecule has 0 aliphatic carbocycles. The lowest BCUT2D eigenvalue weighted by molar-refractivity contribution is -0.130. The molecule has 8 heteroatoms. The van der Waals surface area contributed by atoms with Crippen molar-refractivity contribution >= 4 is 16.9 Å². The molecule has 0 unspecified atom stereocenters. The molecular weight excluding hydrogens is 322 g/mol. The van der Waals surface area contributed by atoms with Crippen molar-refractivity contribution in [3.63, 3.8) is 0 Å². The Morgan fingerprint density at radius 1 is 1.20 bits per heavy atom. The lowest BCUT2D eigenvalue weighted by Gasteiger charge is -2.17. The number of amides is 1.